The third-order valence-electron chi connectivity index (χ3n) is 1.93. The van der Waals surface area contributed by atoms with Gasteiger partial charge in [0.05, 0.1) is 0 Å². The number of aromatic hydroxyl groups is 1. The van der Waals surface area contributed by atoms with Crippen LogP contribution in [0.2, 0.25) is 0 Å². The highest BCUT2D eigenvalue weighted by Crippen LogP contribution is 2.25. The van der Waals surface area contributed by atoms with Crippen molar-refractivity contribution in [3.05, 3.63) is 28.0 Å². The number of nitrogens with one attached hydrogen (secondary N) is 1. The number of phenolic OH excluding ortho intramolecular Hbond substituents is 1. The molecule has 6 heteroatoms. The molecule has 0 saturated heterocycles. The summed E-state index contributed by atoms with van der Waals surface area (Å²) >= 11 is 3.11. The maximum Gasteiger partial charge on any atom is 0.407 e. The van der Waals surface area contributed by atoms with Crippen LogP contribution in [0.25, 0.3) is 0 Å². The summed E-state index contributed by atoms with van der Waals surface area (Å²) in [4.78, 5) is 11.4. The predicted octanol–water partition coefficient (Wildman–Crippen LogP) is 3.32. The van der Waals surface area contributed by atoms with Crippen LogP contribution in [-0.4, -0.2) is 16.8 Å². The van der Waals surface area contributed by atoms with Crippen LogP contribution in [0.1, 0.15) is 26.3 Å². The van der Waals surface area contributed by atoms with Crippen molar-refractivity contribution >= 4 is 22.0 Å². The number of carbonyl (C=O) groups excluding carboxylic acids is 1. The fourth-order valence-corrected chi connectivity index (χ4v) is 1.71. The second-order valence-electron chi connectivity index (χ2n) is 4.75. The van der Waals surface area contributed by atoms with E-state index in [1.807, 2.05) is 0 Å². The van der Waals surface area contributed by atoms with E-state index >= 15 is 0 Å². The van der Waals surface area contributed by atoms with Gasteiger partial charge in [0.1, 0.15) is 5.60 Å². The lowest BCUT2D eigenvalue weighted by Crippen LogP contribution is -2.32. The van der Waals surface area contributed by atoms with E-state index in [9.17, 15) is 14.3 Å². The second kappa shape index (κ2) is 5.56. The minimum absolute atomic E-state index is 0.0168. The first kappa shape index (κ1) is 14.8. The minimum atomic E-state index is -0.745. The number of alkyl carbamates (subject to hydrolysis) is 1. The summed E-state index contributed by atoms with van der Waals surface area (Å²) in [6.07, 6.45) is -0.623. The summed E-state index contributed by atoms with van der Waals surface area (Å²) < 4.78 is 18.7. The Balaban J connectivity index is 2.67. The molecule has 0 atom stereocenters. The number of hydrogen-bond donors (Lipinski definition) is 2. The van der Waals surface area contributed by atoms with Crippen molar-refractivity contribution in [2.45, 2.75) is 32.9 Å². The Morgan fingerprint density at radius 3 is 2.67 bits per heavy atom. The standard InChI is InChI=1S/C12H15BrFNO3/c1-12(2,3)18-11(17)15-6-7-4-8(13)5-9(14)10(7)16/h4-5,16H,6H2,1-3H3,(H,15,17). The second-order valence-corrected chi connectivity index (χ2v) is 5.67. The Morgan fingerprint density at radius 2 is 2.11 bits per heavy atom. The fourth-order valence-electron chi connectivity index (χ4n) is 1.24. The summed E-state index contributed by atoms with van der Waals surface area (Å²) in [5.74, 6) is -1.22. The summed E-state index contributed by atoms with van der Waals surface area (Å²) in [5, 5.41) is 11.9. The van der Waals surface area contributed by atoms with Gasteiger partial charge in [0.2, 0.25) is 0 Å². The van der Waals surface area contributed by atoms with Crippen molar-refractivity contribution in [1.29, 1.82) is 0 Å². The van der Waals surface area contributed by atoms with Crippen molar-refractivity contribution in [1.82, 2.24) is 5.32 Å². The largest absolute Gasteiger partial charge is 0.505 e. The van der Waals surface area contributed by atoms with Crippen LogP contribution in [0, 0.1) is 5.82 Å². The average Bonchev–Trinajstić information content (AvgIpc) is 2.18. The number of phenols is 1. The molecule has 1 rings (SSSR count). The highest BCUT2D eigenvalue weighted by Gasteiger charge is 2.16. The molecule has 18 heavy (non-hydrogen) atoms. The molecule has 0 aliphatic rings. The van der Waals surface area contributed by atoms with E-state index in [0.29, 0.717) is 4.47 Å². The summed E-state index contributed by atoms with van der Waals surface area (Å²) in [6, 6.07) is 2.67. The number of hydrogen-bond acceptors (Lipinski definition) is 3. The fraction of sp³-hybridized carbons (Fsp3) is 0.417. The van der Waals surface area contributed by atoms with E-state index in [2.05, 4.69) is 21.2 Å². The van der Waals surface area contributed by atoms with Gasteiger partial charge in [-0.3, -0.25) is 0 Å². The molecule has 0 fully saturated rings. The quantitative estimate of drug-likeness (QED) is 0.879. The molecule has 0 saturated carbocycles. The molecule has 2 N–H and O–H groups in total. The SMILES string of the molecule is CC(C)(C)OC(=O)NCc1cc(Br)cc(F)c1O. The Morgan fingerprint density at radius 1 is 1.50 bits per heavy atom. The third-order valence-corrected chi connectivity index (χ3v) is 2.39. The zero-order valence-electron chi connectivity index (χ0n) is 10.4. The molecule has 0 bridgehead atoms. The number of amides is 1. The molecular formula is C12H15BrFNO3. The molecule has 1 amide bonds. The lowest BCUT2D eigenvalue weighted by molar-refractivity contribution is 0.0523. The lowest BCUT2D eigenvalue weighted by Gasteiger charge is -2.19. The Labute approximate surface area is 113 Å². The first-order valence-corrected chi connectivity index (χ1v) is 6.12. The molecule has 0 radical (unpaired) electrons. The van der Waals surface area contributed by atoms with Crippen molar-refractivity contribution in [2.75, 3.05) is 0 Å². The van der Waals surface area contributed by atoms with E-state index < -0.39 is 23.3 Å². The van der Waals surface area contributed by atoms with Crippen LogP contribution < -0.4 is 5.32 Å². The monoisotopic (exact) mass is 319 g/mol. The van der Waals surface area contributed by atoms with Crippen molar-refractivity contribution < 1.29 is 19.0 Å². The van der Waals surface area contributed by atoms with Crippen LogP contribution in [0.5, 0.6) is 5.75 Å². The van der Waals surface area contributed by atoms with Crippen LogP contribution in [0.3, 0.4) is 0 Å². The molecule has 0 aliphatic carbocycles. The van der Waals surface area contributed by atoms with Gasteiger partial charge in [-0.15, -0.1) is 0 Å². The molecule has 1 aromatic rings. The third kappa shape index (κ3) is 4.52. The zero-order chi connectivity index (χ0) is 13.9. The van der Waals surface area contributed by atoms with Gasteiger partial charge >= 0.3 is 6.09 Å². The van der Waals surface area contributed by atoms with E-state index in [1.54, 1.807) is 20.8 Å². The topological polar surface area (TPSA) is 58.6 Å². The van der Waals surface area contributed by atoms with Gasteiger partial charge in [-0.05, 0) is 32.9 Å². The average molecular weight is 320 g/mol. The van der Waals surface area contributed by atoms with Gasteiger partial charge in [-0.2, -0.15) is 0 Å². The number of benzene rings is 1. The number of carbonyl (C=O) groups is 1. The van der Waals surface area contributed by atoms with Crippen LogP contribution in [-0.2, 0) is 11.3 Å². The molecule has 0 spiro atoms. The minimum Gasteiger partial charge on any atom is -0.505 e. The Kier molecular flexibility index (Phi) is 4.56. The van der Waals surface area contributed by atoms with E-state index in [4.69, 9.17) is 4.74 Å². The molecule has 0 heterocycles. The maximum atomic E-state index is 13.2. The van der Waals surface area contributed by atoms with Gasteiger partial charge in [0.25, 0.3) is 0 Å². The molecule has 100 valence electrons. The lowest BCUT2D eigenvalue weighted by atomic mass is 10.2. The molecule has 4 nitrogen and oxygen atoms in total. The zero-order valence-corrected chi connectivity index (χ0v) is 12.0. The van der Waals surface area contributed by atoms with Crippen LogP contribution in [0.4, 0.5) is 9.18 Å². The Bertz CT molecular complexity index is 457. The summed E-state index contributed by atoms with van der Waals surface area (Å²) in [6.45, 7) is 5.20. The van der Waals surface area contributed by atoms with Gasteiger partial charge in [-0.25, -0.2) is 9.18 Å². The highest BCUT2D eigenvalue weighted by molar-refractivity contribution is 9.10. The molecular weight excluding hydrogens is 305 g/mol. The maximum absolute atomic E-state index is 13.2. The molecule has 0 unspecified atom stereocenters. The number of rotatable bonds is 2. The highest BCUT2D eigenvalue weighted by atomic mass is 79.9. The van der Waals surface area contributed by atoms with Gasteiger partial charge in [0, 0.05) is 16.6 Å². The first-order chi connectivity index (χ1) is 8.19. The van der Waals surface area contributed by atoms with Crippen molar-refractivity contribution in [2.24, 2.45) is 0 Å². The molecule has 0 aliphatic heterocycles. The van der Waals surface area contributed by atoms with Crippen molar-refractivity contribution in [3.8, 4) is 5.75 Å². The molecule has 0 aromatic heterocycles. The number of ether oxygens (including phenoxy) is 1. The normalized spacial score (nSPS) is 11.2. The van der Waals surface area contributed by atoms with E-state index in [0.717, 1.165) is 6.07 Å². The van der Waals surface area contributed by atoms with Gasteiger partial charge in [0.15, 0.2) is 11.6 Å². The smallest absolute Gasteiger partial charge is 0.407 e. The van der Waals surface area contributed by atoms with Gasteiger partial charge < -0.3 is 15.2 Å². The van der Waals surface area contributed by atoms with Gasteiger partial charge in [-0.1, -0.05) is 15.9 Å². The van der Waals surface area contributed by atoms with E-state index in [1.165, 1.54) is 6.07 Å². The first-order valence-electron chi connectivity index (χ1n) is 5.33. The number of halogens is 2. The van der Waals surface area contributed by atoms with Crippen LogP contribution in [0.15, 0.2) is 16.6 Å². The Hall–Kier alpha value is -1.30. The summed E-state index contributed by atoms with van der Waals surface area (Å²) in [7, 11) is 0. The van der Waals surface area contributed by atoms with E-state index in [-0.39, 0.29) is 12.1 Å². The van der Waals surface area contributed by atoms with Crippen molar-refractivity contribution in [3.63, 3.8) is 0 Å². The van der Waals surface area contributed by atoms with Crippen LogP contribution >= 0.6 is 15.9 Å². The predicted molar refractivity (Wildman–Crippen MR) is 68.8 cm³/mol. The molecule has 1 aromatic carbocycles. The summed E-state index contributed by atoms with van der Waals surface area (Å²) in [5.41, 5.74) is -0.331.